The van der Waals surface area contributed by atoms with Crippen LogP contribution < -0.4 is 0 Å². The highest BCUT2D eigenvalue weighted by Crippen LogP contribution is 2.19. The van der Waals surface area contributed by atoms with E-state index in [1.807, 2.05) is 6.20 Å². The minimum atomic E-state index is -0.0885. The molecule has 15 heavy (non-hydrogen) atoms. The summed E-state index contributed by atoms with van der Waals surface area (Å²) < 4.78 is 5.77. The minimum absolute atomic E-state index is 0.0885. The van der Waals surface area contributed by atoms with Gasteiger partial charge in [0.05, 0.1) is 17.7 Å². The summed E-state index contributed by atoms with van der Waals surface area (Å²) in [6, 6.07) is 8.35. The molecule has 0 aliphatic carbocycles. The monoisotopic (exact) mass is 203 g/mol. The summed E-state index contributed by atoms with van der Waals surface area (Å²) >= 11 is 0. The molecule has 0 aliphatic rings. The van der Waals surface area contributed by atoms with E-state index in [9.17, 15) is 0 Å². The number of ether oxygens (including phenoxy) is 1. The number of fused-ring (bicyclic) bond motifs is 1. The summed E-state index contributed by atoms with van der Waals surface area (Å²) in [6.45, 7) is 6.87. The average Bonchev–Trinajstić information content (AvgIpc) is 2.61. The number of rotatable bonds is 2. The van der Waals surface area contributed by atoms with Crippen LogP contribution in [0.5, 0.6) is 0 Å². The molecular formula is C13H17NO. The van der Waals surface area contributed by atoms with E-state index >= 15 is 0 Å². The van der Waals surface area contributed by atoms with Crippen LogP contribution in [0.25, 0.3) is 10.9 Å². The Morgan fingerprint density at radius 1 is 1.20 bits per heavy atom. The van der Waals surface area contributed by atoms with Crippen molar-refractivity contribution in [3.8, 4) is 0 Å². The number of aromatic amines is 1. The second-order valence-electron chi connectivity index (χ2n) is 4.76. The van der Waals surface area contributed by atoms with Gasteiger partial charge < -0.3 is 9.72 Å². The molecule has 0 spiro atoms. The SMILES string of the molecule is CC(C)(C)OCc1cccc2cc[nH]c12. The summed E-state index contributed by atoms with van der Waals surface area (Å²) in [5.74, 6) is 0. The highest BCUT2D eigenvalue weighted by Gasteiger charge is 2.11. The zero-order chi connectivity index (χ0) is 10.9. The summed E-state index contributed by atoms with van der Waals surface area (Å²) in [6.07, 6.45) is 1.96. The fourth-order valence-electron chi connectivity index (χ4n) is 1.56. The van der Waals surface area contributed by atoms with Crippen molar-refractivity contribution in [3.63, 3.8) is 0 Å². The number of aromatic nitrogens is 1. The first-order chi connectivity index (χ1) is 7.06. The molecule has 0 fully saturated rings. The van der Waals surface area contributed by atoms with Gasteiger partial charge in [0, 0.05) is 11.8 Å². The Morgan fingerprint density at radius 3 is 2.73 bits per heavy atom. The normalized spacial score (nSPS) is 12.2. The van der Waals surface area contributed by atoms with Crippen LogP contribution in [0.2, 0.25) is 0 Å². The van der Waals surface area contributed by atoms with Crippen LogP contribution in [0.1, 0.15) is 26.3 Å². The number of benzene rings is 1. The van der Waals surface area contributed by atoms with Crippen molar-refractivity contribution in [2.24, 2.45) is 0 Å². The molecule has 0 bridgehead atoms. The number of H-pyrrole nitrogens is 1. The van der Waals surface area contributed by atoms with E-state index in [4.69, 9.17) is 4.74 Å². The fourth-order valence-corrected chi connectivity index (χ4v) is 1.56. The molecule has 2 heteroatoms. The van der Waals surface area contributed by atoms with Crippen LogP contribution in [-0.2, 0) is 11.3 Å². The van der Waals surface area contributed by atoms with Crippen LogP contribution in [0.4, 0.5) is 0 Å². The molecule has 80 valence electrons. The number of nitrogens with one attached hydrogen (secondary N) is 1. The average molecular weight is 203 g/mol. The van der Waals surface area contributed by atoms with E-state index in [2.05, 4.69) is 50.0 Å². The molecule has 0 atom stereocenters. The summed E-state index contributed by atoms with van der Waals surface area (Å²) in [5, 5.41) is 1.24. The third kappa shape index (κ3) is 2.39. The van der Waals surface area contributed by atoms with Crippen molar-refractivity contribution >= 4 is 10.9 Å². The van der Waals surface area contributed by atoms with Gasteiger partial charge in [-0.05, 0) is 32.2 Å². The molecule has 0 unspecified atom stereocenters. The summed E-state index contributed by atoms with van der Waals surface area (Å²) in [7, 11) is 0. The van der Waals surface area contributed by atoms with E-state index < -0.39 is 0 Å². The van der Waals surface area contributed by atoms with Crippen molar-refractivity contribution in [3.05, 3.63) is 36.0 Å². The zero-order valence-electron chi connectivity index (χ0n) is 9.50. The smallest absolute Gasteiger partial charge is 0.0744 e. The molecule has 2 nitrogen and oxygen atoms in total. The van der Waals surface area contributed by atoms with E-state index in [-0.39, 0.29) is 5.60 Å². The van der Waals surface area contributed by atoms with Crippen LogP contribution in [0, 0.1) is 0 Å². The van der Waals surface area contributed by atoms with E-state index in [1.54, 1.807) is 0 Å². The van der Waals surface area contributed by atoms with Crippen molar-refractivity contribution in [2.45, 2.75) is 33.0 Å². The zero-order valence-corrected chi connectivity index (χ0v) is 9.50. The Kier molecular flexibility index (Phi) is 2.53. The molecule has 0 saturated heterocycles. The van der Waals surface area contributed by atoms with Gasteiger partial charge in [-0.25, -0.2) is 0 Å². The molecule has 1 aromatic carbocycles. The van der Waals surface area contributed by atoms with E-state index in [1.165, 1.54) is 16.5 Å². The maximum atomic E-state index is 5.77. The lowest BCUT2D eigenvalue weighted by Gasteiger charge is -2.19. The van der Waals surface area contributed by atoms with Gasteiger partial charge >= 0.3 is 0 Å². The fraction of sp³-hybridized carbons (Fsp3) is 0.385. The predicted molar refractivity (Wildman–Crippen MR) is 62.8 cm³/mol. The Hall–Kier alpha value is -1.28. The van der Waals surface area contributed by atoms with Gasteiger partial charge in [-0.1, -0.05) is 18.2 Å². The lowest BCUT2D eigenvalue weighted by molar-refractivity contribution is -0.0144. The van der Waals surface area contributed by atoms with Gasteiger partial charge in [-0.3, -0.25) is 0 Å². The number of hydrogen-bond donors (Lipinski definition) is 1. The molecule has 0 amide bonds. The highest BCUT2D eigenvalue weighted by atomic mass is 16.5. The quantitative estimate of drug-likeness (QED) is 0.794. The second-order valence-corrected chi connectivity index (χ2v) is 4.76. The molecule has 0 aliphatic heterocycles. The Balaban J connectivity index is 2.24. The maximum Gasteiger partial charge on any atom is 0.0744 e. The molecule has 1 aromatic heterocycles. The van der Waals surface area contributed by atoms with Crippen LogP contribution >= 0.6 is 0 Å². The molecule has 0 radical (unpaired) electrons. The topological polar surface area (TPSA) is 25.0 Å². The third-order valence-electron chi connectivity index (χ3n) is 2.33. The van der Waals surface area contributed by atoms with Gasteiger partial charge in [0.2, 0.25) is 0 Å². The molecular weight excluding hydrogens is 186 g/mol. The molecule has 1 heterocycles. The Morgan fingerprint density at radius 2 is 2.00 bits per heavy atom. The van der Waals surface area contributed by atoms with Gasteiger partial charge in [0.1, 0.15) is 0 Å². The van der Waals surface area contributed by atoms with Crippen molar-refractivity contribution in [1.82, 2.24) is 4.98 Å². The maximum absolute atomic E-state index is 5.77. The van der Waals surface area contributed by atoms with Crippen molar-refractivity contribution in [1.29, 1.82) is 0 Å². The number of hydrogen-bond acceptors (Lipinski definition) is 1. The Bertz CT molecular complexity index is 451. The highest BCUT2D eigenvalue weighted by molar-refractivity contribution is 5.82. The van der Waals surface area contributed by atoms with Crippen LogP contribution in [0.15, 0.2) is 30.5 Å². The second kappa shape index (κ2) is 3.70. The summed E-state index contributed by atoms with van der Waals surface area (Å²) in [4.78, 5) is 3.24. The lowest BCUT2D eigenvalue weighted by Crippen LogP contribution is -2.18. The first kappa shape index (κ1) is 10.2. The first-order valence-corrected chi connectivity index (χ1v) is 5.25. The van der Waals surface area contributed by atoms with Crippen molar-refractivity contribution < 1.29 is 4.74 Å². The minimum Gasteiger partial charge on any atom is -0.371 e. The standard InChI is InChI=1S/C13H17NO/c1-13(2,3)15-9-11-6-4-5-10-7-8-14-12(10)11/h4-8,14H,9H2,1-3H3. The Labute approximate surface area is 90.3 Å². The molecule has 0 saturated carbocycles. The predicted octanol–water partition coefficient (Wildman–Crippen LogP) is 3.48. The van der Waals surface area contributed by atoms with Gasteiger partial charge in [-0.2, -0.15) is 0 Å². The van der Waals surface area contributed by atoms with Gasteiger partial charge in [-0.15, -0.1) is 0 Å². The van der Waals surface area contributed by atoms with Gasteiger partial charge in [0.25, 0.3) is 0 Å². The molecule has 1 N–H and O–H groups in total. The van der Waals surface area contributed by atoms with E-state index in [0.717, 1.165) is 0 Å². The lowest BCUT2D eigenvalue weighted by atomic mass is 10.1. The van der Waals surface area contributed by atoms with Crippen molar-refractivity contribution in [2.75, 3.05) is 0 Å². The number of para-hydroxylation sites is 1. The van der Waals surface area contributed by atoms with Gasteiger partial charge in [0.15, 0.2) is 0 Å². The van der Waals surface area contributed by atoms with Crippen LogP contribution in [-0.4, -0.2) is 10.6 Å². The largest absolute Gasteiger partial charge is 0.371 e. The third-order valence-corrected chi connectivity index (χ3v) is 2.33. The molecule has 2 rings (SSSR count). The van der Waals surface area contributed by atoms with E-state index in [0.29, 0.717) is 6.61 Å². The first-order valence-electron chi connectivity index (χ1n) is 5.25. The molecule has 2 aromatic rings. The van der Waals surface area contributed by atoms with Crippen LogP contribution in [0.3, 0.4) is 0 Å². The summed E-state index contributed by atoms with van der Waals surface area (Å²) in [5.41, 5.74) is 2.31.